The molecule has 0 aliphatic rings. The number of nitrogens with one attached hydrogen (secondary N) is 2. The minimum atomic E-state index is -0.0717. The molecule has 0 saturated carbocycles. The Balaban J connectivity index is 1.65. The van der Waals surface area contributed by atoms with Gasteiger partial charge in [0.05, 0.1) is 11.9 Å². The summed E-state index contributed by atoms with van der Waals surface area (Å²) in [6.45, 7) is 9.03. The lowest BCUT2D eigenvalue weighted by atomic mass is 9.96. The van der Waals surface area contributed by atoms with Gasteiger partial charge < -0.3 is 10.3 Å². The number of aromatic nitrogens is 2. The van der Waals surface area contributed by atoms with E-state index in [-0.39, 0.29) is 11.6 Å². The number of H-pyrrole nitrogens is 1. The van der Waals surface area contributed by atoms with Crippen molar-refractivity contribution in [2.24, 2.45) is 5.92 Å². The molecular weight excluding hydrogens is 390 g/mol. The first-order valence-electron chi connectivity index (χ1n) is 10.3. The van der Waals surface area contributed by atoms with Crippen LogP contribution in [0.3, 0.4) is 0 Å². The molecule has 4 aromatic rings. The summed E-state index contributed by atoms with van der Waals surface area (Å²) < 4.78 is 0. The average molecular weight is 418 g/mol. The maximum Gasteiger partial charge on any atom is 0.260 e. The van der Waals surface area contributed by atoms with Gasteiger partial charge in [-0.3, -0.25) is 4.79 Å². The van der Waals surface area contributed by atoms with Crippen LogP contribution in [0, 0.1) is 19.8 Å². The molecule has 1 unspecified atom stereocenters. The van der Waals surface area contributed by atoms with E-state index in [1.54, 1.807) is 11.3 Å². The fourth-order valence-corrected chi connectivity index (χ4v) is 4.99. The van der Waals surface area contributed by atoms with E-state index in [9.17, 15) is 4.79 Å². The molecule has 2 aromatic carbocycles. The van der Waals surface area contributed by atoms with Crippen LogP contribution < -0.4 is 10.9 Å². The Labute approximate surface area is 181 Å². The first-order chi connectivity index (χ1) is 14.4. The van der Waals surface area contributed by atoms with E-state index in [1.165, 1.54) is 11.1 Å². The number of thiophene rings is 1. The third-order valence-electron chi connectivity index (χ3n) is 5.44. The zero-order valence-electron chi connectivity index (χ0n) is 17.8. The molecule has 30 heavy (non-hydrogen) atoms. The third kappa shape index (κ3) is 4.09. The van der Waals surface area contributed by atoms with Gasteiger partial charge in [-0.25, -0.2) is 4.98 Å². The van der Waals surface area contributed by atoms with Crippen molar-refractivity contribution in [3.63, 3.8) is 0 Å². The number of rotatable bonds is 6. The molecule has 0 radical (unpaired) electrons. The Morgan fingerprint density at radius 1 is 1.03 bits per heavy atom. The molecule has 0 amide bonds. The van der Waals surface area contributed by atoms with Crippen molar-refractivity contribution < 1.29 is 0 Å². The van der Waals surface area contributed by atoms with Crippen LogP contribution in [-0.2, 0) is 6.54 Å². The second-order valence-electron chi connectivity index (χ2n) is 8.11. The first kappa shape index (κ1) is 20.5. The fraction of sp³-hybridized carbons (Fsp3) is 0.280. The first-order valence-corrected chi connectivity index (χ1v) is 11.1. The SMILES string of the molecule is Cc1ccc(-c2c(C)sc3nc(CNC(c4ccccc4)C(C)C)[nH]c(=O)c23)cc1. The van der Waals surface area contributed by atoms with Crippen LogP contribution in [0.2, 0.25) is 0 Å². The molecule has 2 heterocycles. The van der Waals surface area contributed by atoms with Crippen LogP contribution in [0.25, 0.3) is 21.3 Å². The van der Waals surface area contributed by atoms with Gasteiger partial charge in [0.1, 0.15) is 10.7 Å². The monoisotopic (exact) mass is 417 g/mol. The highest BCUT2D eigenvalue weighted by Gasteiger charge is 2.18. The zero-order chi connectivity index (χ0) is 21.3. The summed E-state index contributed by atoms with van der Waals surface area (Å²) in [7, 11) is 0. The minimum Gasteiger partial charge on any atom is -0.309 e. The number of fused-ring (bicyclic) bond motifs is 1. The molecule has 2 N–H and O–H groups in total. The molecular formula is C25H27N3OS. The number of aromatic amines is 1. The summed E-state index contributed by atoms with van der Waals surface area (Å²) in [5.74, 6) is 1.09. The van der Waals surface area contributed by atoms with Crippen LogP contribution in [0.5, 0.6) is 0 Å². The molecule has 0 saturated heterocycles. The fourth-order valence-electron chi connectivity index (χ4n) is 3.92. The van der Waals surface area contributed by atoms with Gasteiger partial charge in [0.2, 0.25) is 0 Å². The number of hydrogen-bond donors (Lipinski definition) is 2. The van der Waals surface area contributed by atoms with Crippen molar-refractivity contribution in [1.82, 2.24) is 15.3 Å². The van der Waals surface area contributed by atoms with Crippen LogP contribution >= 0.6 is 11.3 Å². The molecule has 0 bridgehead atoms. The minimum absolute atomic E-state index is 0.0717. The lowest BCUT2D eigenvalue weighted by Crippen LogP contribution is -2.27. The maximum atomic E-state index is 13.0. The topological polar surface area (TPSA) is 57.8 Å². The Morgan fingerprint density at radius 3 is 2.40 bits per heavy atom. The summed E-state index contributed by atoms with van der Waals surface area (Å²) >= 11 is 1.58. The van der Waals surface area contributed by atoms with Crippen LogP contribution in [0.4, 0.5) is 0 Å². The summed E-state index contributed by atoms with van der Waals surface area (Å²) in [5, 5.41) is 4.26. The third-order valence-corrected chi connectivity index (χ3v) is 6.44. The smallest absolute Gasteiger partial charge is 0.260 e. The molecule has 2 aromatic heterocycles. The normalized spacial score (nSPS) is 12.6. The number of benzene rings is 2. The van der Waals surface area contributed by atoms with E-state index in [0.717, 1.165) is 20.8 Å². The summed E-state index contributed by atoms with van der Waals surface area (Å²) in [6, 6.07) is 18.9. The lowest BCUT2D eigenvalue weighted by molar-refractivity contribution is 0.406. The molecule has 0 aliphatic carbocycles. The van der Waals surface area contributed by atoms with E-state index in [0.29, 0.717) is 23.7 Å². The van der Waals surface area contributed by atoms with Gasteiger partial charge >= 0.3 is 0 Å². The molecule has 0 fully saturated rings. The van der Waals surface area contributed by atoms with E-state index < -0.39 is 0 Å². The predicted molar refractivity (Wildman–Crippen MR) is 126 cm³/mol. The van der Waals surface area contributed by atoms with Crippen molar-refractivity contribution in [3.05, 3.63) is 86.8 Å². The van der Waals surface area contributed by atoms with Crippen molar-refractivity contribution in [2.75, 3.05) is 0 Å². The van der Waals surface area contributed by atoms with E-state index in [4.69, 9.17) is 4.98 Å². The van der Waals surface area contributed by atoms with E-state index in [2.05, 4.69) is 86.5 Å². The Bertz CT molecular complexity index is 1210. The maximum absolute atomic E-state index is 13.0. The van der Waals surface area contributed by atoms with Crippen molar-refractivity contribution >= 4 is 21.6 Å². The largest absolute Gasteiger partial charge is 0.309 e. The van der Waals surface area contributed by atoms with Crippen molar-refractivity contribution in [3.8, 4) is 11.1 Å². The summed E-state index contributed by atoms with van der Waals surface area (Å²) in [6.07, 6.45) is 0. The number of aryl methyl sites for hydroxylation is 2. The Hall–Kier alpha value is -2.76. The van der Waals surface area contributed by atoms with E-state index >= 15 is 0 Å². The molecule has 1 atom stereocenters. The van der Waals surface area contributed by atoms with Gasteiger partial charge in [-0.2, -0.15) is 0 Å². The summed E-state index contributed by atoms with van der Waals surface area (Å²) in [5.41, 5.74) is 4.43. The van der Waals surface area contributed by atoms with Crippen molar-refractivity contribution in [2.45, 2.75) is 40.3 Å². The molecule has 5 heteroatoms. The molecule has 154 valence electrons. The highest BCUT2D eigenvalue weighted by molar-refractivity contribution is 7.19. The highest BCUT2D eigenvalue weighted by atomic mass is 32.1. The van der Waals surface area contributed by atoms with Gasteiger partial charge in [0, 0.05) is 16.5 Å². The van der Waals surface area contributed by atoms with Gasteiger partial charge in [0.25, 0.3) is 5.56 Å². The zero-order valence-corrected chi connectivity index (χ0v) is 18.6. The van der Waals surface area contributed by atoms with Crippen LogP contribution in [0.1, 0.15) is 41.7 Å². The predicted octanol–water partition coefficient (Wildman–Crippen LogP) is 5.76. The average Bonchev–Trinajstić information content (AvgIpc) is 3.06. The van der Waals surface area contributed by atoms with Gasteiger partial charge in [0.15, 0.2) is 0 Å². The van der Waals surface area contributed by atoms with Gasteiger partial charge in [-0.05, 0) is 30.9 Å². The Kier molecular flexibility index (Phi) is 5.84. The van der Waals surface area contributed by atoms with Gasteiger partial charge in [-0.1, -0.05) is 74.0 Å². The number of nitrogens with zero attached hydrogens (tertiary/aromatic N) is 1. The second-order valence-corrected chi connectivity index (χ2v) is 9.31. The quantitative estimate of drug-likeness (QED) is 0.420. The molecule has 0 aliphatic heterocycles. The highest BCUT2D eigenvalue weighted by Crippen LogP contribution is 2.35. The lowest BCUT2D eigenvalue weighted by Gasteiger charge is -2.22. The molecule has 4 rings (SSSR count). The van der Waals surface area contributed by atoms with Crippen LogP contribution in [-0.4, -0.2) is 9.97 Å². The van der Waals surface area contributed by atoms with Crippen LogP contribution in [0.15, 0.2) is 59.4 Å². The number of hydrogen-bond acceptors (Lipinski definition) is 4. The van der Waals surface area contributed by atoms with Crippen molar-refractivity contribution in [1.29, 1.82) is 0 Å². The standard InChI is InChI=1S/C25H27N3OS/c1-15(2)23(19-8-6-5-7-9-19)26-14-20-27-24(29)22-21(17(4)30-25(22)28-20)18-12-10-16(3)11-13-18/h5-13,15,23,26H,14H2,1-4H3,(H,27,28,29). The molecule has 0 spiro atoms. The second kappa shape index (κ2) is 8.54. The van der Waals surface area contributed by atoms with Gasteiger partial charge in [-0.15, -0.1) is 11.3 Å². The van der Waals surface area contributed by atoms with E-state index in [1.807, 2.05) is 6.07 Å². The molecule has 4 nitrogen and oxygen atoms in total. The Morgan fingerprint density at radius 2 is 1.73 bits per heavy atom. The summed E-state index contributed by atoms with van der Waals surface area (Å²) in [4.78, 5) is 22.7.